The normalized spacial score (nSPS) is 9.79. The van der Waals surface area contributed by atoms with Crippen molar-refractivity contribution in [1.82, 2.24) is 5.32 Å². The van der Waals surface area contributed by atoms with Crippen LogP contribution in [0.5, 0.6) is 5.75 Å². The second-order valence-corrected chi connectivity index (χ2v) is 4.84. The maximum atomic E-state index is 11.7. The lowest BCUT2D eigenvalue weighted by atomic mass is 10.3. The van der Waals surface area contributed by atoms with Gasteiger partial charge >= 0.3 is 0 Å². The van der Waals surface area contributed by atoms with E-state index in [0.29, 0.717) is 34.1 Å². The SMILES string of the molecule is C#CCNCC(=O)Nc1cc(Cl)cc(Br)c1OCC. The molecular formula is C13H14BrClN2O2. The van der Waals surface area contributed by atoms with Gasteiger partial charge in [-0.05, 0) is 35.0 Å². The van der Waals surface area contributed by atoms with Crippen molar-refractivity contribution in [2.75, 3.05) is 25.0 Å². The molecule has 0 saturated heterocycles. The standard InChI is InChI=1S/C13H14BrClN2O2/c1-3-5-16-8-12(18)17-11-7-9(15)6-10(14)13(11)19-4-2/h1,6-7,16H,4-5,8H2,2H3,(H,17,18). The molecule has 0 saturated carbocycles. The van der Waals surface area contributed by atoms with E-state index in [4.69, 9.17) is 22.8 Å². The van der Waals surface area contributed by atoms with Gasteiger partial charge in [0.2, 0.25) is 5.91 Å². The molecule has 0 bridgehead atoms. The van der Waals surface area contributed by atoms with Crippen LogP contribution in [-0.4, -0.2) is 25.6 Å². The van der Waals surface area contributed by atoms with Crippen LogP contribution < -0.4 is 15.4 Å². The van der Waals surface area contributed by atoms with E-state index in [1.54, 1.807) is 12.1 Å². The Morgan fingerprint density at radius 3 is 2.95 bits per heavy atom. The summed E-state index contributed by atoms with van der Waals surface area (Å²) < 4.78 is 6.16. The number of rotatable bonds is 6. The molecule has 4 nitrogen and oxygen atoms in total. The first-order chi connectivity index (χ1) is 9.08. The van der Waals surface area contributed by atoms with Gasteiger partial charge < -0.3 is 10.1 Å². The fourth-order valence-electron chi connectivity index (χ4n) is 1.39. The predicted octanol–water partition coefficient (Wildman–Crippen LogP) is 2.66. The summed E-state index contributed by atoms with van der Waals surface area (Å²) in [5, 5.41) is 6.03. The van der Waals surface area contributed by atoms with E-state index in [1.165, 1.54) is 0 Å². The number of terminal acetylenes is 1. The Balaban J connectivity index is 2.81. The molecule has 0 fully saturated rings. The lowest BCUT2D eigenvalue weighted by Crippen LogP contribution is -2.28. The zero-order valence-electron chi connectivity index (χ0n) is 10.4. The van der Waals surface area contributed by atoms with Crippen LogP contribution in [0, 0.1) is 12.3 Å². The minimum absolute atomic E-state index is 0.125. The van der Waals surface area contributed by atoms with E-state index in [0.717, 1.165) is 0 Å². The molecule has 19 heavy (non-hydrogen) atoms. The quantitative estimate of drug-likeness (QED) is 0.615. The third kappa shape index (κ3) is 5.11. The number of hydrogen-bond acceptors (Lipinski definition) is 3. The lowest BCUT2D eigenvalue weighted by molar-refractivity contribution is -0.115. The average molecular weight is 346 g/mol. The van der Waals surface area contributed by atoms with Crippen LogP contribution in [0.25, 0.3) is 0 Å². The van der Waals surface area contributed by atoms with Gasteiger partial charge in [0.05, 0.1) is 29.9 Å². The molecule has 102 valence electrons. The molecule has 2 N–H and O–H groups in total. The Bertz CT molecular complexity index is 500. The molecule has 0 atom stereocenters. The summed E-state index contributed by atoms with van der Waals surface area (Å²) in [5.74, 6) is 2.73. The van der Waals surface area contributed by atoms with Crippen molar-refractivity contribution in [3.63, 3.8) is 0 Å². The number of nitrogens with one attached hydrogen (secondary N) is 2. The monoisotopic (exact) mass is 344 g/mol. The molecule has 6 heteroatoms. The topological polar surface area (TPSA) is 50.4 Å². The van der Waals surface area contributed by atoms with Gasteiger partial charge in [-0.25, -0.2) is 0 Å². The van der Waals surface area contributed by atoms with Crippen LogP contribution in [0.15, 0.2) is 16.6 Å². The van der Waals surface area contributed by atoms with Gasteiger partial charge in [-0.2, -0.15) is 0 Å². The summed E-state index contributed by atoms with van der Waals surface area (Å²) in [5.41, 5.74) is 0.522. The van der Waals surface area contributed by atoms with E-state index < -0.39 is 0 Å². The van der Waals surface area contributed by atoms with Gasteiger partial charge in [-0.3, -0.25) is 10.1 Å². The number of halogens is 2. The molecule has 0 unspecified atom stereocenters. The minimum atomic E-state index is -0.217. The molecule has 1 amide bonds. The lowest BCUT2D eigenvalue weighted by Gasteiger charge is -2.14. The fraction of sp³-hybridized carbons (Fsp3) is 0.308. The van der Waals surface area contributed by atoms with Gasteiger partial charge in [-0.1, -0.05) is 17.5 Å². The van der Waals surface area contributed by atoms with Crippen molar-refractivity contribution >= 4 is 39.1 Å². The molecule has 1 rings (SSSR count). The first kappa shape index (κ1) is 15.8. The molecule has 1 aromatic rings. The van der Waals surface area contributed by atoms with Gasteiger partial charge in [0.15, 0.2) is 5.75 Å². The van der Waals surface area contributed by atoms with Gasteiger partial charge in [0, 0.05) is 5.02 Å². The van der Waals surface area contributed by atoms with Gasteiger partial charge in [0.25, 0.3) is 0 Å². The van der Waals surface area contributed by atoms with Crippen molar-refractivity contribution in [2.45, 2.75) is 6.92 Å². The van der Waals surface area contributed by atoms with Crippen molar-refractivity contribution in [1.29, 1.82) is 0 Å². The van der Waals surface area contributed by atoms with Crippen LogP contribution >= 0.6 is 27.5 Å². The Morgan fingerprint density at radius 2 is 2.32 bits per heavy atom. The molecule has 0 spiro atoms. The highest BCUT2D eigenvalue weighted by Crippen LogP contribution is 2.36. The molecule has 0 aromatic heterocycles. The molecule has 1 aromatic carbocycles. The Morgan fingerprint density at radius 1 is 1.58 bits per heavy atom. The zero-order chi connectivity index (χ0) is 14.3. The summed E-state index contributed by atoms with van der Waals surface area (Å²) in [7, 11) is 0. The summed E-state index contributed by atoms with van der Waals surface area (Å²) in [6.45, 7) is 2.81. The number of hydrogen-bond donors (Lipinski definition) is 2. The maximum Gasteiger partial charge on any atom is 0.238 e. The number of benzene rings is 1. The molecule has 0 radical (unpaired) electrons. The van der Waals surface area contributed by atoms with Crippen LogP contribution in [-0.2, 0) is 4.79 Å². The molecule has 0 aliphatic rings. The smallest absolute Gasteiger partial charge is 0.238 e. The highest BCUT2D eigenvalue weighted by molar-refractivity contribution is 9.10. The molecule has 0 heterocycles. The molecule has 0 aliphatic heterocycles. The van der Waals surface area contributed by atoms with Crippen LogP contribution in [0.4, 0.5) is 5.69 Å². The number of amides is 1. The van der Waals surface area contributed by atoms with Crippen molar-refractivity contribution in [3.05, 3.63) is 21.6 Å². The highest BCUT2D eigenvalue weighted by atomic mass is 79.9. The van der Waals surface area contributed by atoms with E-state index in [1.807, 2.05) is 6.92 Å². The molecule has 0 aliphatic carbocycles. The summed E-state index contributed by atoms with van der Waals surface area (Å²) in [6.07, 6.45) is 5.08. The van der Waals surface area contributed by atoms with Crippen molar-refractivity contribution in [2.24, 2.45) is 0 Å². The fourth-order valence-corrected chi connectivity index (χ4v) is 2.31. The maximum absolute atomic E-state index is 11.7. The van der Waals surface area contributed by atoms with Crippen LogP contribution in [0.2, 0.25) is 5.02 Å². The minimum Gasteiger partial charge on any atom is -0.491 e. The first-order valence-corrected chi connectivity index (χ1v) is 6.81. The Hall–Kier alpha value is -1.22. The first-order valence-electron chi connectivity index (χ1n) is 5.64. The van der Waals surface area contributed by atoms with E-state index in [9.17, 15) is 4.79 Å². The van der Waals surface area contributed by atoms with Gasteiger partial charge in [-0.15, -0.1) is 6.42 Å². The second kappa shape index (κ2) is 8.05. The largest absolute Gasteiger partial charge is 0.491 e. The van der Waals surface area contributed by atoms with Crippen molar-refractivity contribution in [3.8, 4) is 18.1 Å². The van der Waals surface area contributed by atoms with Gasteiger partial charge in [0.1, 0.15) is 0 Å². The summed E-state index contributed by atoms with van der Waals surface area (Å²) in [6, 6.07) is 3.34. The number of carbonyl (C=O) groups excluding carboxylic acids is 1. The van der Waals surface area contributed by atoms with E-state index >= 15 is 0 Å². The number of anilines is 1. The number of ether oxygens (including phenoxy) is 1. The zero-order valence-corrected chi connectivity index (χ0v) is 12.8. The second-order valence-electron chi connectivity index (χ2n) is 3.55. The third-order valence-corrected chi connectivity index (χ3v) is 2.89. The third-order valence-electron chi connectivity index (χ3n) is 2.08. The Kier molecular flexibility index (Phi) is 6.71. The van der Waals surface area contributed by atoms with E-state index in [2.05, 4.69) is 32.5 Å². The summed E-state index contributed by atoms with van der Waals surface area (Å²) >= 11 is 9.30. The summed E-state index contributed by atoms with van der Waals surface area (Å²) in [4.78, 5) is 11.7. The van der Waals surface area contributed by atoms with Crippen LogP contribution in [0.3, 0.4) is 0 Å². The highest BCUT2D eigenvalue weighted by Gasteiger charge is 2.12. The Labute approximate surface area is 126 Å². The molecular weight excluding hydrogens is 332 g/mol. The van der Waals surface area contributed by atoms with E-state index in [-0.39, 0.29) is 12.5 Å². The van der Waals surface area contributed by atoms with Crippen molar-refractivity contribution < 1.29 is 9.53 Å². The average Bonchev–Trinajstić information content (AvgIpc) is 2.34. The number of carbonyl (C=O) groups is 1. The van der Waals surface area contributed by atoms with Crippen LogP contribution in [0.1, 0.15) is 6.92 Å². The predicted molar refractivity (Wildman–Crippen MR) is 80.7 cm³/mol.